The number of ether oxygens (including phenoxy) is 1. The first-order chi connectivity index (χ1) is 13.1. The first-order valence-corrected chi connectivity index (χ1v) is 8.14. The lowest BCUT2D eigenvalue weighted by Crippen LogP contribution is -2.42. The summed E-state index contributed by atoms with van der Waals surface area (Å²) in [6.45, 7) is 1.52. The van der Waals surface area contributed by atoms with Crippen LogP contribution >= 0.6 is 0 Å². The number of oxazole rings is 1. The number of nitrogens with one attached hydrogen (secondary N) is 2. The molecular weight excluding hydrogens is 378 g/mol. The smallest absolute Gasteiger partial charge is 0.328 e. The van der Waals surface area contributed by atoms with E-state index in [-0.39, 0.29) is 36.9 Å². The van der Waals surface area contributed by atoms with Gasteiger partial charge < -0.3 is 31.0 Å². The maximum atomic E-state index is 12.3. The third-order valence-electron chi connectivity index (χ3n) is 3.49. The number of carbonyl (C=O) groups excluding carboxylic acids is 2. The summed E-state index contributed by atoms with van der Waals surface area (Å²) in [7, 11) is 1.16. The van der Waals surface area contributed by atoms with Crippen LogP contribution in [0.3, 0.4) is 0 Å². The Hall–Kier alpha value is -3.26. The van der Waals surface area contributed by atoms with Gasteiger partial charge in [-0.1, -0.05) is 5.43 Å². The number of rotatable bonds is 10. The zero-order valence-corrected chi connectivity index (χ0v) is 15.3. The minimum absolute atomic E-state index is 0.0297. The first-order valence-electron chi connectivity index (χ1n) is 8.14. The highest BCUT2D eigenvalue weighted by Gasteiger charge is 2.25. The van der Waals surface area contributed by atoms with Crippen molar-refractivity contribution < 1.29 is 28.9 Å². The molecule has 3 atom stereocenters. The second-order valence-electron chi connectivity index (χ2n) is 5.66. The van der Waals surface area contributed by atoms with Crippen LogP contribution in [0.5, 0.6) is 0 Å². The summed E-state index contributed by atoms with van der Waals surface area (Å²) in [4.78, 5) is 41.9. The minimum Gasteiger partial charge on any atom is -0.467 e. The highest BCUT2D eigenvalue weighted by atomic mass is 16.7. The number of aliphatic hydroxyl groups is 1. The molecule has 0 aliphatic heterocycles. The van der Waals surface area contributed by atoms with E-state index in [0.29, 0.717) is 0 Å². The number of nitro groups is 1. The molecule has 0 saturated heterocycles. The minimum atomic E-state index is -1.01. The number of guanidine groups is 1. The number of aromatic nitrogens is 1. The standard InChI is InChI=1S/C14H23N7O7/c1-7(22)10(15)12-19-9(6-28-12)11(23)18-8(13(24)27-2)4-3-5-17-14(16)20-21(25)26/h6-8,10,22H,3-5,15H2,1-2H3,(H,18,23)(H3,16,17,20). The molecule has 14 nitrogen and oxygen atoms in total. The van der Waals surface area contributed by atoms with Crippen LogP contribution in [0.25, 0.3) is 0 Å². The van der Waals surface area contributed by atoms with E-state index in [4.69, 9.17) is 15.9 Å². The molecule has 0 bridgehead atoms. The Kier molecular flexibility index (Phi) is 8.77. The van der Waals surface area contributed by atoms with Gasteiger partial charge in [-0.15, -0.1) is 0 Å². The number of nitrogens with two attached hydrogens (primary N) is 2. The molecule has 1 aromatic rings. The molecule has 0 spiro atoms. The fourth-order valence-electron chi connectivity index (χ4n) is 2.00. The average Bonchev–Trinajstić information content (AvgIpc) is 3.12. The predicted molar refractivity (Wildman–Crippen MR) is 94.2 cm³/mol. The summed E-state index contributed by atoms with van der Waals surface area (Å²) in [6.07, 6.45) is 0.521. The third kappa shape index (κ3) is 7.16. The SMILES string of the molecule is COC(=O)C(CCCN=C(N)N[N+](=O)[O-])NC(=O)c1coc(C(N)C(C)O)n1. The molecule has 0 radical (unpaired) electrons. The number of nitrogens with zero attached hydrogens (tertiary/aromatic N) is 3. The van der Waals surface area contributed by atoms with Crippen LogP contribution in [0.4, 0.5) is 0 Å². The fraction of sp³-hybridized carbons (Fsp3) is 0.571. The van der Waals surface area contributed by atoms with Crippen LogP contribution in [-0.4, -0.2) is 58.8 Å². The van der Waals surface area contributed by atoms with Gasteiger partial charge in [-0.2, -0.15) is 0 Å². The summed E-state index contributed by atoms with van der Waals surface area (Å²) in [5, 5.41) is 21.2. The van der Waals surface area contributed by atoms with Gasteiger partial charge in [0.1, 0.15) is 18.3 Å². The molecule has 156 valence electrons. The Morgan fingerprint density at radius 2 is 2.21 bits per heavy atom. The highest BCUT2D eigenvalue weighted by molar-refractivity contribution is 5.94. The zero-order valence-electron chi connectivity index (χ0n) is 15.3. The van der Waals surface area contributed by atoms with Gasteiger partial charge in [0.25, 0.3) is 11.9 Å². The number of hydrogen-bond acceptors (Lipinski definition) is 10. The van der Waals surface area contributed by atoms with Crippen LogP contribution in [-0.2, 0) is 9.53 Å². The maximum absolute atomic E-state index is 12.3. The molecule has 7 N–H and O–H groups in total. The van der Waals surface area contributed by atoms with Crippen molar-refractivity contribution >= 4 is 17.8 Å². The Bertz CT molecular complexity index is 719. The fourth-order valence-corrected chi connectivity index (χ4v) is 2.00. The van der Waals surface area contributed by atoms with Crippen LogP contribution < -0.4 is 22.2 Å². The van der Waals surface area contributed by atoms with Crippen molar-refractivity contribution in [2.45, 2.75) is 38.0 Å². The summed E-state index contributed by atoms with van der Waals surface area (Å²) in [5.74, 6) is -1.81. The van der Waals surface area contributed by atoms with Crippen molar-refractivity contribution in [3.8, 4) is 0 Å². The van der Waals surface area contributed by atoms with E-state index in [1.54, 1.807) is 5.43 Å². The molecule has 1 rings (SSSR count). The molecule has 0 aliphatic carbocycles. The second kappa shape index (κ2) is 10.8. The molecule has 0 aliphatic rings. The van der Waals surface area contributed by atoms with Gasteiger partial charge in [-0.3, -0.25) is 4.79 Å². The van der Waals surface area contributed by atoms with Gasteiger partial charge >= 0.3 is 5.97 Å². The number of hydrogen-bond donors (Lipinski definition) is 5. The average molecular weight is 401 g/mol. The van der Waals surface area contributed by atoms with Crippen molar-refractivity contribution in [2.75, 3.05) is 13.7 Å². The Balaban J connectivity index is 2.67. The van der Waals surface area contributed by atoms with Crippen molar-refractivity contribution in [3.05, 3.63) is 28.0 Å². The Morgan fingerprint density at radius 3 is 2.79 bits per heavy atom. The molecule has 1 amide bonds. The first kappa shape index (κ1) is 22.8. The van der Waals surface area contributed by atoms with E-state index >= 15 is 0 Å². The van der Waals surface area contributed by atoms with E-state index in [9.17, 15) is 24.8 Å². The van der Waals surface area contributed by atoms with Gasteiger partial charge in [0.15, 0.2) is 10.7 Å². The molecule has 1 aromatic heterocycles. The van der Waals surface area contributed by atoms with Crippen molar-refractivity contribution in [1.82, 2.24) is 15.7 Å². The van der Waals surface area contributed by atoms with Crippen molar-refractivity contribution in [2.24, 2.45) is 16.5 Å². The van der Waals surface area contributed by atoms with Gasteiger partial charge in [-0.25, -0.2) is 24.9 Å². The molecule has 14 heteroatoms. The summed E-state index contributed by atoms with van der Waals surface area (Å²) < 4.78 is 9.71. The lowest BCUT2D eigenvalue weighted by Gasteiger charge is -2.15. The lowest BCUT2D eigenvalue weighted by molar-refractivity contribution is -0.525. The number of methoxy groups -OCH3 is 1. The van der Waals surface area contributed by atoms with Crippen molar-refractivity contribution in [3.63, 3.8) is 0 Å². The Morgan fingerprint density at radius 1 is 1.54 bits per heavy atom. The largest absolute Gasteiger partial charge is 0.467 e. The lowest BCUT2D eigenvalue weighted by atomic mass is 10.1. The molecule has 0 fully saturated rings. The van der Waals surface area contributed by atoms with Crippen LogP contribution in [0.2, 0.25) is 0 Å². The van der Waals surface area contributed by atoms with E-state index in [0.717, 1.165) is 13.4 Å². The molecular formula is C14H23N7O7. The third-order valence-corrected chi connectivity index (χ3v) is 3.49. The predicted octanol–water partition coefficient (Wildman–Crippen LogP) is -1.80. The van der Waals surface area contributed by atoms with Crippen LogP contribution in [0.1, 0.15) is 42.2 Å². The number of amides is 1. The van der Waals surface area contributed by atoms with Crippen LogP contribution in [0.15, 0.2) is 15.7 Å². The molecule has 1 heterocycles. The maximum Gasteiger partial charge on any atom is 0.328 e. The molecule has 28 heavy (non-hydrogen) atoms. The second-order valence-corrected chi connectivity index (χ2v) is 5.66. The Labute approximate surface area is 159 Å². The summed E-state index contributed by atoms with van der Waals surface area (Å²) in [5.41, 5.74) is 12.5. The van der Waals surface area contributed by atoms with Gasteiger partial charge in [0.05, 0.1) is 13.2 Å². The molecule has 0 aromatic carbocycles. The van der Waals surface area contributed by atoms with E-state index in [1.165, 1.54) is 6.92 Å². The van der Waals surface area contributed by atoms with E-state index in [2.05, 4.69) is 20.0 Å². The van der Waals surface area contributed by atoms with Gasteiger partial charge in [0.2, 0.25) is 5.89 Å². The highest BCUT2D eigenvalue weighted by Crippen LogP contribution is 2.14. The van der Waals surface area contributed by atoms with Gasteiger partial charge in [-0.05, 0) is 19.8 Å². The van der Waals surface area contributed by atoms with E-state index < -0.39 is 35.1 Å². The van der Waals surface area contributed by atoms with Crippen LogP contribution in [0, 0.1) is 10.1 Å². The van der Waals surface area contributed by atoms with Crippen molar-refractivity contribution in [1.29, 1.82) is 0 Å². The number of aliphatic hydroxyl groups excluding tert-OH is 1. The number of hydrazine groups is 1. The monoisotopic (exact) mass is 401 g/mol. The number of esters is 1. The molecule has 3 unspecified atom stereocenters. The topological polar surface area (TPSA) is 221 Å². The summed E-state index contributed by atoms with van der Waals surface area (Å²) >= 11 is 0. The number of aliphatic imine (C=N–C) groups is 1. The number of carbonyl (C=O) groups is 2. The molecule has 0 saturated carbocycles. The normalized spacial score (nSPS) is 14.6. The van der Waals surface area contributed by atoms with E-state index in [1.807, 2.05) is 0 Å². The van der Waals surface area contributed by atoms with Gasteiger partial charge in [0, 0.05) is 6.54 Å². The summed E-state index contributed by atoms with van der Waals surface area (Å²) in [6, 6.07) is -1.92. The zero-order chi connectivity index (χ0) is 21.3. The quantitative estimate of drug-likeness (QED) is 0.0734.